The van der Waals surface area contributed by atoms with Gasteiger partial charge >= 0.3 is 0 Å². The van der Waals surface area contributed by atoms with E-state index in [2.05, 4.69) is 10.6 Å². The van der Waals surface area contributed by atoms with Gasteiger partial charge in [0, 0.05) is 5.69 Å². The summed E-state index contributed by atoms with van der Waals surface area (Å²) < 4.78 is 13.6. The van der Waals surface area contributed by atoms with Gasteiger partial charge in [0.05, 0.1) is 23.9 Å². The summed E-state index contributed by atoms with van der Waals surface area (Å²) in [5, 5.41) is 14.2. The molecule has 1 amide bonds. The van der Waals surface area contributed by atoms with Crippen molar-refractivity contribution < 1.29 is 9.18 Å². The molecule has 0 aliphatic carbocycles. The Balaban J connectivity index is 1.94. The molecule has 0 fully saturated rings. The minimum Gasteiger partial charge on any atom is -0.374 e. The molecule has 5 heteroatoms. The third-order valence-electron chi connectivity index (χ3n) is 2.84. The summed E-state index contributed by atoms with van der Waals surface area (Å²) in [6, 6.07) is 13.3. The van der Waals surface area contributed by atoms with E-state index in [1.165, 1.54) is 6.07 Å². The number of nitrogens with zero attached hydrogens (tertiary/aromatic N) is 1. The summed E-state index contributed by atoms with van der Waals surface area (Å²) in [4.78, 5) is 11.8. The van der Waals surface area contributed by atoms with Crippen molar-refractivity contribution in [2.75, 3.05) is 17.2 Å². The molecule has 0 saturated heterocycles. The summed E-state index contributed by atoms with van der Waals surface area (Å²) in [7, 11) is 0. The van der Waals surface area contributed by atoms with Gasteiger partial charge in [0.2, 0.25) is 5.91 Å². The third kappa shape index (κ3) is 4.05. The molecule has 0 heterocycles. The molecule has 0 radical (unpaired) electrons. The van der Waals surface area contributed by atoms with Gasteiger partial charge in [-0.25, -0.2) is 4.39 Å². The maximum atomic E-state index is 13.6. The second kappa shape index (κ2) is 6.53. The summed E-state index contributed by atoms with van der Waals surface area (Å²) >= 11 is 0. The number of hydrogen-bond acceptors (Lipinski definition) is 3. The average Bonchev–Trinajstić information content (AvgIpc) is 2.46. The molecule has 0 aromatic heterocycles. The molecule has 0 spiro atoms. The monoisotopic (exact) mass is 283 g/mol. The van der Waals surface area contributed by atoms with Crippen molar-refractivity contribution in [2.24, 2.45) is 0 Å². The highest BCUT2D eigenvalue weighted by molar-refractivity contribution is 5.93. The number of benzene rings is 2. The van der Waals surface area contributed by atoms with Crippen LogP contribution >= 0.6 is 0 Å². The van der Waals surface area contributed by atoms with E-state index < -0.39 is 5.82 Å². The number of carbonyl (C=O) groups excluding carboxylic acids is 1. The van der Waals surface area contributed by atoms with Crippen LogP contribution in [0.1, 0.15) is 11.1 Å². The van der Waals surface area contributed by atoms with Gasteiger partial charge < -0.3 is 10.6 Å². The van der Waals surface area contributed by atoms with Gasteiger partial charge in [0.25, 0.3) is 0 Å². The Morgan fingerprint density at radius 1 is 1.29 bits per heavy atom. The highest BCUT2D eigenvalue weighted by atomic mass is 19.1. The van der Waals surface area contributed by atoms with Gasteiger partial charge in [0.1, 0.15) is 5.82 Å². The minimum absolute atomic E-state index is 0.0588. The summed E-state index contributed by atoms with van der Waals surface area (Å²) in [6.45, 7) is 1.73. The zero-order chi connectivity index (χ0) is 15.2. The van der Waals surface area contributed by atoms with E-state index in [0.29, 0.717) is 11.3 Å². The molecule has 106 valence electrons. The summed E-state index contributed by atoms with van der Waals surface area (Å²) in [5.41, 5.74) is 2.09. The second-order valence-corrected chi connectivity index (χ2v) is 4.58. The van der Waals surface area contributed by atoms with Crippen molar-refractivity contribution in [3.05, 3.63) is 59.4 Å². The number of amides is 1. The SMILES string of the molecule is Cc1ccc(NCC(=O)Nc2cccc(C#N)c2)c(F)c1. The molecule has 0 saturated carbocycles. The number of hydrogen-bond donors (Lipinski definition) is 2. The number of rotatable bonds is 4. The standard InChI is InChI=1S/C16H14FN3O/c1-11-5-6-15(14(17)7-11)19-10-16(21)20-13-4-2-3-12(8-13)9-18/h2-8,19H,10H2,1H3,(H,20,21). The molecule has 2 rings (SSSR count). The Morgan fingerprint density at radius 3 is 2.81 bits per heavy atom. The Labute approximate surface area is 122 Å². The highest BCUT2D eigenvalue weighted by Gasteiger charge is 2.06. The van der Waals surface area contributed by atoms with Crippen molar-refractivity contribution in [2.45, 2.75) is 6.92 Å². The Morgan fingerprint density at radius 2 is 2.10 bits per heavy atom. The summed E-state index contributed by atoms with van der Waals surface area (Å²) in [6.07, 6.45) is 0. The summed E-state index contributed by atoms with van der Waals surface area (Å²) in [5.74, 6) is -0.709. The van der Waals surface area contributed by atoms with Crippen LogP contribution in [0.4, 0.5) is 15.8 Å². The molecular weight excluding hydrogens is 269 g/mol. The Hall–Kier alpha value is -2.87. The minimum atomic E-state index is -0.394. The first-order chi connectivity index (χ1) is 10.1. The van der Waals surface area contributed by atoms with Crippen LogP contribution in [0.5, 0.6) is 0 Å². The van der Waals surface area contributed by atoms with E-state index in [0.717, 1.165) is 5.56 Å². The zero-order valence-corrected chi connectivity index (χ0v) is 11.5. The third-order valence-corrected chi connectivity index (χ3v) is 2.84. The molecule has 21 heavy (non-hydrogen) atoms. The highest BCUT2D eigenvalue weighted by Crippen LogP contribution is 2.15. The van der Waals surface area contributed by atoms with E-state index in [1.54, 1.807) is 43.3 Å². The van der Waals surface area contributed by atoms with Crippen LogP contribution in [-0.4, -0.2) is 12.5 Å². The molecule has 0 atom stereocenters. The van der Waals surface area contributed by atoms with Gasteiger partial charge in [-0.1, -0.05) is 12.1 Å². The number of anilines is 2. The normalized spacial score (nSPS) is 9.76. The maximum Gasteiger partial charge on any atom is 0.243 e. The first-order valence-corrected chi connectivity index (χ1v) is 6.38. The first kappa shape index (κ1) is 14.5. The number of nitriles is 1. The molecule has 0 aliphatic heterocycles. The zero-order valence-electron chi connectivity index (χ0n) is 11.5. The van der Waals surface area contributed by atoms with Crippen LogP contribution < -0.4 is 10.6 Å². The number of carbonyl (C=O) groups is 1. The molecule has 2 aromatic carbocycles. The van der Waals surface area contributed by atoms with Crippen molar-refractivity contribution in [1.29, 1.82) is 5.26 Å². The maximum absolute atomic E-state index is 13.6. The number of halogens is 1. The van der Waals surface area contributed by atoms with Crippen molar-refractivity contribution >= 4 is 17.3 Å². The largest absolute Gasteiger partial charge is 0.374 e. The van der Waals surface area contributed by atoms with Gasteiger partial charge in [0.15, 0.2) is 0 Å². The molecule has 0 unspecified atom stereocenters. The first-order valence-electron chi connectivity index (χ1n) is 6.38. The van der Waals surface area contributed by atoms with Gasteiger partial charge in [-0.05, 0) is 42.8 Å². The van der Waals surface area contributed by atoms with Crippen LogP contribution in [0.3, 0.4) is 0 Å². The van der Waals surface area contributed by atoms with Gasteiger partial charge in [-0.15, -0.1) is 0 Å². The van der Waals surface area contributed by atoms with Gasteiger partial charge in [-0.3, -0.25) is 4.79 Å². The van der Waals surface area contributed by atoms with Crippen LogP contribution in [0.25, 0.3) is 0 Å². The van der Waals surface area contributed by atoms with E-state index in [9.17, 15) is 9.18 Å². The fraction of sp³-hybridized carbons (Fsp3) is 0.125. The van der Waals surface area contributed by atoms with Crippen LogP contribution in [-0.2, 0) is 4.79 Å². The topological polar surface area (TPSA) is 64.9 Å². The van der Waals surface area contributed by atoms with Crippen LogP contribution in [0, 0.1) is 24.1 Å². The lowest BCUT2D eigenvalue weighted by atomic mass is 10.2. The predicted octanol–water partition coefficient (Wildman–Crippen LogP) is 3.06. The van der Waals surface area contributed by atoms with Crippen molar-refractivity contribution in [3.8, 4) is 6.07 Å². The number of nitrogens with one attached hydrogen (secondary N) is 2. The lowest BCUT2D eigenvalue weighted by molar-refractivity contribution is -0.114. The lowest BCUT2D eigenvalue weighted by Gasteiger charge is -2.09. The molecule has 0 aliphatic rings. The Bertz CT molecular complexity index is 707. The number of aryl methyl sites for hydroxylation is 1. The quantitative estimate of drug-likeness (QED) is 0.906. The van der Waals surface area contributed by atoms with E-state index in [1.807, 2.05) is 6.07 Å². The molecule has 2 N–H and O–H groups in total. The van der Waals surface area contributed by atoms with E-state index in [-0.39, 0.29) is 18.1 Å². The second-order valence-electron chi connectivity index (χ2n) is 4.58. The fourth-order valence-electron chi connectivity index (χ4n) is 1.81. The van der Waals surface area contributed by atoms with Crippen LogP contribution in [0.2, 0.25) is 0 Å². The van der Waals surface area contributed by atoms with Crippen molar-refractivity contribution in [3.63, 3.8) is 0 Å². The molecule has 4 nitrogen and oxygen atoms in total. The lowest BCUT2D eigenvalue weighted by Crippen LogP contribution is -2.22. The molecule has 2 aromatic rings. The molecular formula is C16H14FN3O. The van der Waals surface area contributed by atoms with Gasteiger partial charge in [-0.2, -0.15) is 5.26 Å². The fourth-order valence-corrected chi connectivity index (χ4v) is 1.81. The van der Waals surface area contributed by atoms with Crippen LogP contribution in [0.15, 0.2) is 42.5 Å². The molecule has 0 bridgehead atoms. The smallest absolute Gasteiger partial charge is 0.243 e. The van der Waals surface area contributed by atoms with Crippen molar-refractivity contribution in [1.82, 2.24) is 0 Å². The Kier molecular flexibility index (Phi) is 4.52. The average molecular weight is 283 g/mol. The van der Waals surface area contributed by atoms with E-state index >= 15 is 0 Å². The van der Waals surface area contributed by atoms with E-state index in [4.69, 9.17) is 5.26 Å². The predicted molar refractivity (Wildman–Crippen MR) is 79.4 cm³/mol.